The number of urea groups is 1. The minimum Gasteiger partial charge on any atom is -0.326 e. The number of hydrogen-bond acceptors (Lipinski definition) is 4. The van der Waals surface area contributed by atoms with E-state index in [1.54, 1.807) is 29.2 Å². The van der Waals surface area contributed by atoms with Crippen molar-refractivity contribution >= 4 is 45.6 Å². The van der Waals surface area contributed by atoms with Crippen molar-refractivity contribution in [2.75, 3.05) is 29.0 Å². The lowest BCUT2D eigenvalue weighted by Gasteiger charge is -2.31. The summed E-state index contributed by atoms with van der Waals surface area (Å²) in [5.41, 5.74) is 1.24. The molecule has 0 aliphatic carbocycles. The summed E-state index contributed by atoms with van der Waals surface area (Å²) in [6.45, 7) is 2.45. The average Bonchev–Trinajstić information content (AvgIpc) is 3.14. The van der Waals surface area contributed by atoms with E-state index in [9.17, 15) is 14.4 Å². The zero-order valence-corrected chi connectivity index (χ0v) is 15.8. The maximum atomic E-state index is 12.6. The first-order valence-electron chi connectivity index (χ1n) is 8.79. The number of likely N-dealkylation sites (tertiary alicyclic amines) is 1. The van der Waals surface area contributed by atoms with Crippen LogP contribution in [0.2, 0.25) is 0 Å². The molecule has 0 saturated carbocycles. The highest BCUT2D eigenvalue weighted by Gasteiger charge is 2.28. The summed E-state index contributed by atoms with van der Waals surface area (Å²) in [6, 6.07) is 10.6. The number of anilines is 3. The van der Waals surface area contributed by atoms with Crippen molar-refractivity contribution in [3.63, 3.8) is 0 Å². The molecule has 1 aromatic heterocycles. The largest absolute Gasteiger partial charge is 0.326 e. The molecular formula is C19H22N4O3S. The van der Waals surface area contributed by atoms with Gasteiger partial charge >= 0.3 is 6.03 Å². The van der Waals surface area contributed by atoms with E-state index in [4.69, 9.17) is 0 Å². The van der Waals surface area contributed by atoms with Gasteiger partial charge in [-0.05, 0) is 48.6 Å². The van der Waals surface area contributed by atoms with E-state index in [2.05, 4.69) is 16.0 Å². The van der Waals surface area contributed by atoms with E-state index in [0.717, 1.165) is 17.8 Å². The first-order chi connectivity index (χ1) is 13.0. The van der Waals surface area contributed by atoms with Crippen molar-refractivity contribution in [1.29, 1.82) is 0 Å². The van der Waals surface area contributed by atoms with Gasteiger partial charge in [-0.15, -0.1) is 11.3 Å². The Kier molecular flexibility index (Phi) is 6.08. The number of rotatable bonds is 4. The van der Waals surface area contributed by atoms with E-state index < -0.39 is 0 Å². The van der Waals surface area contributed by atoms with Crippen LogP contribution >= 0.6 is 11.3 Å². The summed E-state index contributed by atoms with van der Waals surface area (Å²) in [6.07, 6.45) is 1.52. The molecule has 7 nitrogen and oxygen atoms in total. The van der Waals surface area contributed by atoms with Gasteiger partial charge in [0.15, 0.2) is 0 Å². The predicted molar refractivity (Wildman–Crippen MR) is 107 cm³/mol. The molecule has 3 rings (SSSR count). The molecule has 1 aromatic carbocycles. The van der Waals surface area contributed by atoms with Crippen LogP contribution in [0.3, 0.4) is 0 Å². The molecule has 1 aliphatic heterocycles. The highest BCUT2D eigenvalue weighted by molar-refractivity contribution is 7.14. The third kappa shape index (κ3) is 5.30. The number of nitrogens with one attached hydrogen (secondary N) is 3. The zero-order chi connectivity index (χ0) is 19.2. The summed E-state index contributed by atoms with van der Waals surface area (Å²) in [5.74, 6) is -0.556. The number of carbonyl (C=O) groups excluding carboxylic acids is 3. The Labute approximate surface area is 161 Å². The fraction of sp³-hybridized carbons (Fsp3) is 0.316. The standard InChI is InChI=1S/C19H22N4O3S/c1-13(24)20-15-6-2-7-16(11-15)21-18(25)14-5-3-9-23(12-14)19(26)22-17-8-4-10-27-17/h2,4,6-8,10-11,14H,3,5,9,12H2,1H3,(H,20,24)(H,21,25)(H,22,26). The predicted octanol–water partition coefficient (Wildman–Crippen LogP) is 3.59. The summed E-state index contributed by atoms with van der Waals surface area (Å²) in [4.78, 5) is 37.9. The lowest BCUT2D eigenvalue weighted by molar-refractivity contribution is -0.121. The van der Waals surface area contributed by atoms with Crippen LogP contribution in [-0.2, 0) is 9.59 Å². The minimum atomic E-state index is -0.266. The van der Waals surface area contributed by atoms with E-state index in [1.165, 1.54) is 18.3 Å². The number of benzene rings is 1. The lowest BCUT2D eigenvalue weighted by atomic mass is 9.97. The first-order valence-corrected chi connectivity index (χ1v) is 9.67. The number of piperidine rings is 1. The van der Waals surface area contributed by atoms with Crippen LogP contribution in [0.5, 0.6) is 0 Å². The van der Waals surface area contributed by atoms with Crippen LogP contribution in [0, 0.1) is 5.92 Å². The fourth-order valence-electron chi connectivity index (χ4n) is 3.03. The third-order valence-electron chi connectivity index (χ3n) is 4.28. The maximum absolute atomic E-state index is 12.6. The second kappa shape index (κ2) is 8.68. The van der Waals surface area contributed by atoms with Crippen molar-refractivity contribution < 1.29 is 14.4 Å². The van der Waals surface area contributed by atoms with Crippen LogP contribution in [0.1, 0.15) is 19.8 Å². The van der Waals surface area contributed by atoms with Crippen LogP contribution in [0.15, 0.2) is 41.8 Å². The summed E-state index contributed by atoms with van der Waals surface area (Å²) < 4.78 is 0. The molecule has 2 aromatic rings. The zero-order valence-electron chi connectivity index (χ0n) is 15.0. The molecular weight excluding hydrogens is 364 g/mol. The summed E-state index contributed by atoms with van der Waals surface area (Å²) in [7, 11) is 0. The SMILES string of the molecule is CC(=O)Nc1cccc(NC(=O)C2CCCN(C(=O)Nc3cccs3)C2)c1. The molecule has 0 bridgehead atoms. The topological polar surface area (TPSA) is 90.5 Å². The smallest absolute Gasteiger partial charge is 0.322 e. The minimum absolute atomic E-state index is 0.122. The van der Waals surface area contributed by atoms with Gasteiger partial charge in [0.25, 0.3) is 0 Å². The van der Waals surface area contributed by atoms with Crippen molar-refractivity contribution in [2.45, 2.75) is 19.8 Å². The molecule has 1 fully saturated rings. The van der Waals surface area contributed by atoms with E-state index >= 15 is 0 Å². The van der Waals surface area contributed by atoms with Gasteiger partial charge in [-0.3, -0.25) is 14.9 Å². The molecule has 1 atom stereocenters. The van der Waals surface area contributed by atoms with Gasteiger partial charge in [0, 0.05) is 31.4 Å². The molecule has 0 spiro atoms. The van der Waals surface area contributed by atoms with Gasteiger partial charge < -0.3 is 15.5 Å². The van der Waals surface area contributed by atoms with Crippen molar-refractivity contribution in [2.24, 2.45) is 5.92 Å². The van der Waals surface area contributed by atoms with Gasteiger partial charge in [0.2, 0.25) is 11.8 Å². The van der Waals surface area contributed by atoms with Crippen LogP contribution < -0.4 is 16.0 Å². The van der Waals surface area contributed by atoms with Crippen LogP contribution in [-0.4, -0.2) is 35.8 Å². The second-order valence-corrected chi connectivity index (χ2v) is 7.39. The number of nitrogens with zero attached hydrogens (tertiary/aromatic N) is 1. The molecule has 3 N–H and O–H groups in total. The lowest BCUT2D eigenvalue weighted by Crippen LogP contribution is -2.45. The van der Waals surface area contributed by atoms with Crippen molar-refractivity contribution in [3.8, 4) is 0 Å². The number of thiophene rings is 1. The van der Waals surface area contributed by atoms with Gasteiger partial charge in [-0.1, -0.05) is 6.07 Å². The Hall–Kier alpha value is -2.87. The second-order valence-electron chi connectivity index (χ2n) is 6.44. The Morgan fingerprint density at radius 1 is 1.07 bits per heavy atom. The van der Waals surface area contributed by atoms with Gasteiger partial charge in [0.1, 0.15) is 0 Å². The normalized spacial score (nSPS) is 16.5. The Morgan fingerprint density at radius 3 is 2.56 bits per heavy atom. The number of amides is 4. The molecule has 1 aliphatic rings. The number of carbonyl (C=O) groups is 3. The van der Waals surface area contributed by atoms with Gasteiger partial charge in [0.05, 0.1) is 10.9 Å². The highest BCUT2D eigenvalue weighted by atomic mass is 32.1. The van der Waals surface area contributed by atoms with Crippen molar-refractivity contribution in [3.05, 3.63) is 41.8 Å². The average molecular weight is 386 g/mol. The first kappa shape index (κ1) is 18.9. The van der Waals surface area contributed by atoms with Gasteiger partial charge in [-0.2, -0.15) is 0 Å². The fourth-order valence-corrected chi connectivity index (χ4v) is 3.64. The van der Waals surface area contributed by atoms with E-state index in [1.807, 2.05) is 17.5 Å². The van der Waals surface area contributed by atoms with Crippen LogP contribution in [0.4, 0.5) is 21.2 Å². The van der Waals surface area contributed by atoms with E-state index in [0.29, 0.717) is 24.5 Å². The Bertz CT molecular complexity index is 822. The maximum Gasteiger partial charge on any atom is 0.322 e. The molecule has 2 heterocycles. The third-order valence-corrected chi connectivity index (χ3v) is 5.07. The number of hydrogen-bond donors (Lipinski definition) is 3. The van der Waals surface area contributed by atoms with Gasteiger partial charge in [-0.25, -0.2) is 4.79 Å². The molecule has 1 saturated heterocycles. The summed E-state index contributed by atoms with van der Waals surface area (Å²) >= 11 is 1.46. The van der Waals surface area contributed by atoms with Crippen LogP contribution in [0.25, 0.3) is 0 Å². The molecule has 142 valence electrons. The monoisotopic (exact) mass is 386 g/mol. The molecule has 8 heteroatoms. The molecule has 27 heavy (non-hydrogen) atoms. The highest BCUT2D eigenvalue weighted by Crippen LogP contribution is 2.22. The Morgan fingerprint density at radius 2 is 1.85 bits per heavy atom. The summed E-state index contributed by atoms with van der Waals surface area (Å²) in [5, 5.41) is 11.1. The molecule has 4 amide bonds. The molecule has 0 radical (unpaired) electrons. The van der Waals surface area contributed by atoms with E-state index in [-0.39, 0.29) is 23.8 Å². The quantitative estimate of drug-likeness (QED) is 0.750. The molecule has 1 unspecified atom stereocenters. The Balaban J connectivity index is 1.58. The van der Waals surface area contributed by atoms with Crippen molar-refractivity contribution in [1.82, 2.24) is 4.90 Å².